The summed E-state index contributed by atoms with van der Waals surface area (Å²) in [5, 5.41) is 8.57. The molecule has 0 radical (unpaired) electrons. The Morgan fingerprint density at radius 3 is 2.39 bits per heavy atom. The molecule has 9 nitrogen and oxygen atoms in total. The number of nitrogen functional groups attached to an aromatic ring is 2. The molecule has 176 valence electrons. The highest BCUT2D eigenvalue weighted by Gasteiger charge is 2.13. The van der Waals surface area contributed by atoms with Gasteiger partial charge in [-0.1, -0.05) is 55.7 Å². The maximum atomic E-state index is 11.3. The molecule has 0 aliphatic carbocycles. The van der Waals surface area contributed by atoms with Crippen LogP contribution in [0.3, 0.4) is 0 Å². The summed E-state index contributed by atoms with van der Waals surface area (Å²) < 4.78 is 6.82. The van der Waals surface area contributed by atoms with Crippen molar-refractivity contribution < 1.29 is 9.53 Å². The van der Waals surface area contributed by atoms with Crippen LogP contribution < -0.4 is 11.5 Å². The number of nitrogens with two attached hydrogens (primary N) is 2. The van der Waals surface area contributed by atoms with E-state index in [1.54, 1.807) is 0 Å². The van der Waals surface area contributed by atoms with E-state index in [9.17, 15) is 4.79 Å². The minimum Gasteiger partial charge on any atom is -0.466 e. The Kier molecular flexibility index (Phi) is 8.74. The van der Waals surface area contributed by atoms with Gasteiger partial charge in [0.15, 0.2) is 0 Å². The van der Waals surface area contributed by atoms with Crippen LogP contribution in [0.25, 0.3) is 22.4 Å². The van der Waals surface area contributed by atoms with Crippen molar-refractivity contribution in [3.8, 4) is 22.4 Å². The van der Waals surface area contributed by atoms with Gasteiger partial charge in [-0.25, -0.2) is 4.98 Å². The van der Waals surface area contributed by atoms with Gasteiger partial charge in [-0.05, 0) is 31.7 Å². The molecule has 0 saturated carbocycles. The number of ether oxygens (including phenoxy) is 1. The van der Waals surface area contributed by atoms with Gasteiger partial charge in [0.2, 0.25) is 5.95 Å². The Morgan fingerprint density at radius 1 is 0.970 bits per heavy atom. The summed E-state index contributed by atoms with van der Waals surface area (Å²) in [4.78, 5) is 19.8. The van der Waals surface area contributed by atoms with Gasteiger partial charge < -0.3 is 16.2 Å². The third-order valence-electron chi connectivity index (χ3n) is 5.45. The van der Waals surface area contributed by atoms with E-state index in [4.69, 9.17) is 16.2 Å². The Balaban J connectivity index is 1.51. The minimum absolute atomic E-state index is 0.100. The fourth-order valence-corrected chi connectivity index (χ4v) is 3.77. The van der Waals surface area contributed by atoms with Crippen LogP contribution in [0.5, 0.6) is 0 Å². The zero-order valence-corrected chi connectivity index (χ0v) is 19.5. The molecule has 0 saturated heterocycles. The normalized spacial score (nSPS) is 11.0. The molecule has 0 spiro atoms. The number of esters is 1. The van der Waals surface area contributed by atoms with E-state index in [2.05, 4.69) is 20.3 Å². The monoisotopic (exact) mass is 451 g/mol. The summed E-state index contributed by atoms with van der Waals surface area (Å²) in [5.41, 5.74) is 16.3. The van der Waals surface area contributed by atoms with Gasteiger partial charge in [0, 0.05) is 24.1 Å². The number of carbonyl (C=O) groups is 1. The van der Waals surface area contributed by atoms with E-state index in [1.165, 1.54) is 0 Å². The first-order valence-electron chi connectivity index (χ1n) is 11.6. The molecule has 3 rings (SSSR count). The summed E-state index contributed by atoms with van der Waals surface area (Å²) in [7, 11) is 0. The van der Waals surface area contributed by atoms with Gasteiger partial charge in [0.25, 0.3) is 0 Å². The van der Waals surface area contributed by atoms with Crippen molar-refractivity contribution >= 4 is 17.7 Å². The van der Waals surface area contributed by atoms with Crippen molar-refractivity contribution in [2.24, 2.45) is 0 Å². The van der Waals surface area contributed by atoms with Crippen molar-refractivity contribution in [1.29, 1.82) is 0 Å². The zero-order valence-electron chi connectivity index (χ0n) is 19.5. The first-order valence-corrected chi connectivity index (χ1v) is 11.6. The number of unbranched alkanes of at least 4 members (excludes halogenated alkanes) is 4. The lowest BCUT2D eigenvalue weighted by atomic mass is 10.0. The molecule has 0 unspecified atom stereocenters. The Labute approximate surface area is 194 Å². The van der Waals surface area contributed by atoms with Crippen LogP contribution in [0.1, 0.15) is 58.1 Å². The molecule has 2 heterocycles. The summed E-state index contributed by atoms with van der Waals surface area (Å²) in [5.74, 6) is 0.480. The van der Waals surface area contributed by atoms with E-state index >= 15 is 0 Å². The number of carbonyl (C=O) groups excluding carboxylic acids is 1. The number of benzene rings is 1. The zero-order chi connectivity index (χ0) is 23.6. The lowest BCUT2D eigenvalue weighted by molar-refractivity contribution is -0.143. The van der Waals surface area contributed by atoms with Gasteiger partial charge in [-0.15, -0.1) is 5.10 Å². The van der Waals surface area contributed by atoms with Crippen molar-refractivity contribution in [2.75, 3.05) is 18.1 Å². The van der Waals surface area contributed by atoms with Crippen molar-refractivity contribution in [2.45, 2.75) is 65.3 Å². The van der Waals surface area contributed by atoms with E-state index in [0.29, 0.717) is 25.3 Å². The molecule has 33 heavy (non-hydrogen) atoms. The second-order valence-electron chi connectivity index (χ2n) is 7.91. The van der Waals surface area contributed by atoms with E-state index in [1.807, 2.05) is 49.0 Å². The standard InChI is InChI=1S/C24H33N7O2/c1-3-19-22(23(25)28-24(26)27-19)18-13-11-17(12-14-18)20-16-31(30-29-20)15-9-7-5-6-8-10-21(32)33-4-2/h11-14,16H,3-10,15H2,1-2H3,(H4,25,26,27,28). The maximum Gasteiger partial charge on any atom is 0.305 e. The van der Waals surface area contributed by atoms with Gasteiger partial charge in [-0.3, -0.25) is 9.48 Å². The molecule has 0 aliphatic heterocycles. The second-order valence-corrected chi connectivity index (χ2v) is 7.91. The number of aromatic nitrogens is 5. The number of aryl methyl sites for hydroxylation is 2. The van der Waals surface area contributed by atoms with Crippen LogP contribution in [0.2, 0.25) is 0 Å². The molecule has 9 heteroatoms. The van der Waals surface area contributed by atoms with Gasteiger partial charge in [0.1, 0.15) is 11.5 Å². The highest BCUT2D eigenvalue weighted by Crippen LogP contribution is 2.30. The van der Waals surface area contributed by atoms with Gasteiger partial charge in [0.05, 0.1) is 18.5 Å². The third kappa shape index (κ3) is 6.74. The van der Waals surface area contributed by atoms with Crippen molar-refractivity contribution in [3.63, 3.8) is 0 Å². The van der Waals surface area contributed by atoms with Gasteiger partial charge in [-0.2, -0.15) is 4.98 Å². The SMILES string of the molecule is CCOC(=O)CCCCCCCn1cc(-c2ccc(-c3c(N)nc(N)nc3CC)cc2)nn1. The molecular weight excluding hydrogens is 418 g/mol. The van der Waals surface area contributed by atoms with E-state index < -0.39 is 0 Å². The number of rotatable bonds is 12. The van der Waals surface area contributed by atoms with E-state index in [-0.39, 0.29) is 11.9 Å². The number of hydrogen-bond acceptors (Lipinski definition) is 8. The topological polar surface area (TPSA) is 135 Å². The number of anilines is 2. The predicted molar refractivity (Wildman–Crippen MR) is 129 cm³/mol. The lowest BCUT2D eigenvalue weighted by Crippen LogP contribution is -2.06. The van der Waals surface area contributed by atoms with Crippen LogP contribution in [-0.2, 0) is 22.5 Å². The summed E-state index contributed by atoms with van der Waals surface area (Å²) >= 11 is 0. The molecule has 0 bridgehead atoms. The highest BCUT2D eigenvalue weighted by molar-refractivity contribution is 5.78. The molecule has 1 aromatic carbocycles. The number of hydrogen-bond donors (Lipinski definition) is 2. The second kappa shape index (κ2) is 11.9. The Morgan fingerprint density at radius 2 is 1.67 bits per heavy atom. The highest BCUT2D eigenvalue weighted by atomic mass is 16.5. The smallest absolute Gasteiger partial charge is 0.305 e. The summed E-state index contributed by atoms with van der Waals surface area (Å²) in [6.45, 7) is 5.12. The maximum absolute atomic E-state index is 11.3. The molecule has 3 aromatic rings. The quantitative estimate of drug-likeness (QED) is 0.311. The van der Waals surface area contributed by atoms with Crippen molar-refractivity contribution in [3.05, 3.63) is 36.2 Å². The molecule has 0 fully saturated rings. The van der Waals surface area contributed by atoms with Crippen LogP contribution >= 0.6 is 0 Å². The van der Waals surface area contributed by atoms with Crippen LogP contribution in [0.15, 0.2) is 30.5 Å². The first-order chi connectivity index (χ1) is 16.0. The molecule has 0 amide bonds. The summed E-state index contributed by atoms with van der Waals surface area (Å²) in [6, 6.07) is 8.00. The molecule has 2 aromatic heterocycles. The molecule has 0 aliphatic rings. The van der Waals surface area contributed by atoms with E-state index in [0.717, 1.165) is 66.7 Å². The number of nitrogens with zero attached hydrogens (tertiary/aromatic N) is 5. The van der Waals surface area contributed by atoms with Crippen molar-refractivity contribution in [1.82, 2.24) is 25.0 Å². The van der Waals surface area contributed by atoms with Crippen LogP contribution in [-0.4, -0.2) is 37.5 Å². The summed E-state index contributed by atoms with van der Waals surface area (Å²) in [6.07, 6.45) is 8.33. The lowest BCUT2D eigenvalue weighted by Gasteiger charge is -2.11. The molecule has 4 N–H and O–H groups in total. The average Bonchev–Trinajstić information content (AvgIpc) is 3.27. The van der Waals surface area contributed by atoms with Crippen LogP contribution in [0, 0.1) is 0 Å². The average molecular weight is 452 g/mol. The fourth-order valence-electron chi connectivity index (χ4n) is 3.77. The Bertz CT molecular complexity index is 1050. The minimum atomic E-state index is -0.100. The first kappa shape index (κ1) is 24.2. The molecule has 0 atom stereocenters. The van der Waals surface area contributed by atoms with Gasteiger partial charge >= 0.3 is 5.97 Å². The third-order valence-corrected chi connectivity index (χ3v) is 5.45. The Hall–Kier alpha value is -3.49. The largest absolute Gasteiger partial charge is 0.466 e. The predicted octanol–water partition coefficient (Wildman–Crippen LogP) is 4.03. The fraction of sp³-hybridized carbons (Fsp3) is 0.458. The van der Waals surface area contributed by atoms with Crippen LogP contribution in [0.4, 0.5) is 11.8 Å². The molecular formula is C24H33N7O2.